The van der Waals surface area contributed by atoms with Gasteiger partial charge in [-0.15, -0.1) is 0 Å². The minimum atomic E-state index is -4.52. The fourth-order valence-electron chi connectivity index (χ4n) is 3.81. The lowest BCUT2D eigenvalue weighted by atomic mass is 10.1. The first-order valence-electron chi connectivity index (χ1n) is 11.3. The Labute approximate surface area is 210 Å². The van der Waals surface area contributed by atoms with E-state index in [0.29, 0.717) is 5.69 Å². The molecule has 0 radical (unpaired) electrons. The molecule has 0 aliphatic heterocycles. The van der Waals surface area contributed by atoms with Crippen LogP contribution in [0.25, 0.3) is 5.69 Å². The third-order valence-electron chi connectivity index (χ3n) is 5.74. The van der Waals surface area contributed by atoms with E-state index in [4.69, 9.17) is 0 Å². The molecule has 0 spiro atoms. The Morgan fingerprint density at radius 2 is 1.59 bits per heavy atom. The molecular formula is C27H23F3N4O3. The van der Waals surface area contributed by atoms with Crippen molar-refractivity contribution in [3.05, 3.63) is 128 Å². The van der Waals surface area contributed by atoms with Gasteiger partial charge in [-0.25, -0.2) is 4.79 Å². The average molecular weight is 509 g/mol. The van der Waals surface area contributed by atoms with Gasteiger partial charge in [0, 0.05) is 13.6 Å². The summed E-state index contributed by atoms with van der Waals surface area (Å²) >= 11 is 0. The monoisotopic (exact) mass is 508 g/mol. The van der Waals surface area contributed by atoms with Crippen LogP contribution in [0.5, 0.6) is 0 Å². The number of benzene rings is 3. The number of rotatable bonds is 6. The van der Waals surface area contributed by atoms with E-state index >= 15 is 0 Å². The van der Waals surface area contributed by atoms with Crippen LogP contribution < -0.4 is 11.2 Å². The lowest BCUT2D eigenvalue weighted by Crippen LogP contribution is -2.46. The first-order valence-corrected chi connectivity index (χ1v) is 11.3. The number of hydrogen-bond donors (Lipinski definition) is 0. The molecule has 0 unspecified atom stereocenters. The highest BCUT2D eigenvalue weighted by Crippen LogP contribution is 2.29. The molecule has 7 nitrogen and oxygen atoms in total. The summed E-state index contributed by atoms with van der Waals surface area (Å²) in [5, 5.41) is 4.13. The zero-order valence-corrected chi connectivity index (χ0v) is 20.1. The summed E-state index contributed by atoms with van der Waals surface area (Å²) in [4.78, 5) is 41.3. The molecule has 4 aromatic rings. The van der Waals surface area contributed by atoms with Crippen molar-refractivity contribution in [2.24, 2.45) is 0 Å². The summed E-state index contributed by atoms with van der Waals surface area (Å²) in [6.07, 6.45) is -4.52. The Bertz CT molecular complexity index is 1540. The maximum absolute atomic E-state index is 13.3. The second-order valence-corrected chi connectivity index (χ2v) is 8.61. The van der Waals surface area contributed by atoms with E-state index in [2.05, 4.69) is 5.10 Å². The van der Waals surface area contributed by atoms with Crippen LogP contribution in [0.15, 0.2) is 88.5 Å². The Morgan fingerprint density at radius 1 is 0.919 bits per heavy atom. The van der Waals surface area contributed by atoms with E-state index in [9.17, 15) is 27.6 Å². The predicted molar refractivity (Wildman–Crippen MR) is 132 cm³/mol. The van der Waals surface area contributed by atoms with E-state index in [1.807, 2.05) is 43.3 Å². The summed E-state index contributed by atoms with van der Waals surface area (Å²) in [5.74, 6) is -0.698. The summed E-state index contributed by atoms with van der Waals surface area (Å²) in [6, 6.07) is 20.1. The molecule has 0 saturated carbocycles. The largest absolute Gasteiger partial charge is 0.416 e. The summed E-state index contributed by atoms with van der Waals surface area (Å²) in [6.45, 7) is 1.67. The van der Waals surface area contributed by atoms with E-state index in [-0.39, 0.29) is 18.7 Å². The van der Waals surface area contributed by atoms with Crippen LogP contribution in [0, 0.1) is 6.92 Å². The molecule has 0 atom stereocenters. The number of alkyl halides is 3. The number of nitrogens with zero attached hydrogens (tertiary/aromatic N) is 4. The van der Waals surface area contributed by atoms with E-state index in [1.165, 1.54) is 24.1 Å². The first kappa shape index (κ1) is 25.6. The van der Waals surface area contributed by atoms with E-state index in [1.54, 1.807) is 18.2 Å². The van der Waals surface area contributed by atoms with Crippen molar-refractivity contribution >= 4 is 5.91 Å². The molecule has 0 bridgehead atoms. The van der Waals surface area contributed by atoms with Crippen molar-refractivity contribution in [3.8, 4) is 5.69 Å². The van der Waals surface area contributed by atoms with Gasteiger partial charge in [0.25, 0.3) is 11.5 Å². The van der Waals surface area contributed by atoms with Crippen molar-refractivity contribution in [3.63, 3.8) is 0 Å². The number of hydrogen-bond acceptors (Lipinski definition) is 4. The number of aromatic nitrogens is 3. The summed E-state index contributed by atoms with van der Waals surface area (Å²) < 4.78 is 40.7. The highest BCUT2D eigenvalue weighted by Gasteiger charge is 2.30. The minimum absolute atomic E-state index is 0.198. The van der Waals surface area contributed by atoms with Gasteiger partial charge in [-0.2, -0.15) is 23.0 Å². The molecule has 0 saturated heterocycles. The Morgan fingerprint density at radius 3 is 2.22 bits per heavy atom. The van der Waals surface area contributed by atoms with Crippen molar-refractivity contribution in [2.75, 3.05) is 7.05 Å². The van der Waals surface area contributed by atoms with Crippen molar-refractivity contribution in [1.29, 1.82) is 0 Å². The van der Waals surface area contributed by atoms with Gasteiger partial charge in [-0.05, 0) is 47.9 Å². The van der Waals surface area contributed by atoms with Gasteiger partial charge in [0.2, 0.25) is 5.69 Å². The van der Waals surface area contributed by atoms with Gasteiger partial charge in [-0.1, -0.05) is 54.6 Å². The maximum atomic E-state index is 13.3. The molecule has 0 fully saturated rings. The lowest BCUT2D eigenvalue weighted by molar-refractivity contribution is -0.137. The van der Waals surface area contributed by atoms with Crippen LogP contribution in [0.2, 0.25) is 0 Å². The Hall–Kier alpha value is -4.47. The fourth-order valence-corrected chi connectivity index (χ4v) is 3.81. The van der Waals surface area contributed by atoms with Gasteiger partial charge in [0.05, 0.1) is 17.8 Å². The van der Waals surface area contributed by atoms with Gasteiger partial charge >= 0.3 is 11.9 Å². The van der Waals surface area contributed by atoms with Gasteiger partial charge in [0.15, 0.2) is 0 Å². The average Bonchev–Trinajstić information content (AvgIpc) is 2.86. The highest BCUT2D eigenvalue weighted by atomic mass is 19.4. The lowest BCUT2D eigenvalue weighted by Gasteiger charge is -2.18. The number of amides is 1. The van der Waals surface area contributed by atoms with Crippen LogP contribution in [-0.2, 0) is 19.3 Å². The minimum Gasteiger partial charge on any atom is -0.336 e. The zero-order chi connectivity index (χ0) is 26.7. The normalized spacial score (nSPS) is 11.4. The zero-order valence-electron chi connectivity index (χ0n) is 20.1. The molecule has 0 aliphatic carbocycles. The van der Waals surface area contributed by atoms with Crippen molar-refractivity contribution in [2.45, 2.75) is 26.2 Å². The Kier molecular flexibility index (Phi) is 7.10. The summed E-state index contributed by atoms with van der Waals surface area (Å²) in [7, 11) is 1.51. The smallest absolute Gasteiger partial charge is 0.336 e. The number of carbonyl (C=O) groups excluding carboxylic acids is 1. The standard InChI is InChI=1S/C27H23F3N4O3/c1-18-7-6-10-22(15-18)34-26(37)33(17-20-11-13-21(14-12-20)27(28,29)30)25(36)23(31-34)24(35)32(2)16-19-8-4-3-5-9-19/h3-15H,16-17H2,1-2H3. The van der Waals surface area contributed by atoms with Crippen LogP contribution >= 0.6 is 0 Å². The molecule has 1 amide bonds. The molecule has 10 heteroatoms. The molecule has 4 rings (SSSR count). The van der Waals surface area contributed by atoms with Crippen molar-refractivity contribution < 1.29 is 18.0 Å². The molecule has 1 heterocycles. The Balaban J connectivity index is 1.80. The summed E-state index contributed by atoms with van der Waals surface area (Å²) in [5.41, 5.74) is -0.816. The third-order valence-corrected chi connectivity index (χ3v) is 5.74. The fraction of sp³-hybridized carbons (Fsp3) is 0.185. The maximum Gasteiger partial charge on any atom is 0.416 e. The number of aryl methyl sites for hydroxylation is 1. The number of carbonyl (C=O) groups is 1. The molecule has 1 aromatic heterocycles. The second-order valence-electron chi connectivity index (χ2n) is 8.61. The van der Waals surface area contributed by atoms with Gasteiger partial charge in [0.1, 0.15) is 0 Å². The molecule has 3 aromatic carbocycles. The van der Waals surface area contributed by atoms with Gasteiger partial charge in [-0.3, -0.25) is 14.2 Å². The second kappa shape index (κ2) is 10.3. The first-order chi connectivity index (χ1) is 17.5. The van der Waals surface area contributed by atoms with Crippen molar-refractivity contribution in [1.82, 2.24) is 19.2 Å². The van der Waals surface area contributed by atoms with E-state index < -0.39 is 34.6 Å². The molecular weight excluding hydrogens is 485 g/mol. The SMILES string of the molecule is Cc1cccc(-n2nc(C(=O)N(C)Cc3ccccc3)c(=O)n(Cc3ccc(C(F)(F)F)cc3)c2=O)c1. The molecule has 0 N–H and O–H groups in total. The van der Waals surface area contributed by atoms with E-state index in [0.717, 1.165) is 32.5 Å². The highest BCUT2D eigenvalue weighted by molar-refractivity contribution is 5.91. The molecule has 0 aliphatic rings. The molecule has 37 heavy (non-hydrogen) atoms. The van der Waals surface area contributed by atoms with Crippen LogP contribution in [-0.4, -0.2) is 32.2 Å². The third kappa shape index (κ3) is 5.69. The van der Waals surface area contributed by atoms with Crippen LogP contribution in [0.3, 0.4) is 0 Å². The van der Waals surface area contributed by atoms with Crippen LogP contribution in [0.4, 0.5) is 13.2 Å². The topological polar surface area (TPSA) is 77.2 Å². The molecule has 190 valence electrons. The van der Waals surface area contributed by atoms with Crippen LogP contribution in [0.1, 0.15) is 32.7 Å². The predicted octanol–water partition coefficient (Wildman–Crippen LogP) is 4.04. The quantitative estimate of drug-likeness (QED) is 0.394. The van der Waals surface area contributed by atoms with Gasteiger partial charge < -0.3 is 4.90 Å². The number of halogens is 3.